The third-order valence-corrected chi connectivity index (χ3v) is 5.38. The lowest BCUT2D eigenvalue weighted by molar-refractivity contribution is -0.145. The molecule has 0 radical (unpaired) electrons. The molecule has 0 aliphatic heterocycles. The van der Waals surface area contributed by atoms with Gasteiger partial charge in [0.05, 0.1) is 6.61 Å². The van der Waals surface area contributed by atoms with E-state index in [0.29, 0.717) is 32.2 Å². The minimum atomic E-state index is -0.592. The highest BCUT2D eigenvalue weighted by Gasteiger charge is 2.34. The SMILES string of the molecule is CCOC(=O)[C@@H](N)CC(CC1=CC(OCCCOC)C(C)(OC)C=C1)C(C)C. The first-order valence-electron chi connectivity index (χ1n) is 10.2. The van der Waals surface area contributed by atoms with Crippen LogP contribution in [0.3, 0.4) is 0 Å². The highest BCUT2D eigenvalue weighted by Crippen LogP contribution is 2.32. The van der Waals surface area contributed by atoms with Crippen molar-refractivity contribution < 1.29 is 23.7 Å². The molecule has 0 aromatic heterocycles. The lowest BCUT2D eigenvalue weighted by atomic mass is 9.81. The summed E-state index contributed by atoms with van der Waals surface area (Å²) in [5.74, 6) is 0.343. The fourth-order valence-electron chi connectivity index (χ4n) is 3.30. The summed E-state index contributed by atoms with van der Waals surface area (Å²) >= 11 is 0. The lowest BCUT2D eigenvalue weighted by Crippen LogP contribution is -2.42. The van der Waals surface area contributed by atoms with E-state index in [0.717, 1.165) is 12.8 Å². The first kappa shape index (κ1) is 24.8. The Hall–Kier alpha value is -1.21. The van der Waals surface area contributed by atoms with Crippen LogP contribution >= 0.6 is 0 Å². The molecule has 3 unspecified atom stereocenters. The van der Waals surface area contributed by atoms with E-state index in [2.05, 4.69) is 32.1 Å². The Morgan fingerprint density at radius 2 is 2.00 bits per heavy atom. The van der Waals surface area contributed by atoms with Crippen LogP contribution in [0.1, 0.15) is 47.0 Å². The van der Waals surface area contributed by atoms with Crippen molar-refractivity contribution >= 4 is 5.97 Å². The summed E-state index contributed by atoms with van der Waals surface area (Å²) < 4.78 is 21.9. The zero-order valence-corrected chi connectivity index (χ0v) is 18.4. The Kier molecular flexibility index (Phi) is 11.0. The van der Waals surface area contributed by atoms with Gasteiger partial charge in [-0.25, -0.2) is 0 Å². The summed E-state index contributed by atoms with van der Waals surface area (Å²) in [6.45, 7) is 9.77. The smallest absolute Gasteiger partial charge is 0.322 e. The molecule has 1 aliphatic rings. The molecule has 0 aromatic carbocycles. The number of hydrogen-bond donors (Lipinski definition) is 1. The van der Waals surface area contributed by atoms with Crippen LogP contribution in [-0.4, -0.2) is 57.8 Å². The normalized spacial score (nSPS) is 24.1. The third-order valence-electron chi connectivity index (χ3n) is 5.38. The highest BCUT2D eigenvalue weighted by atomic mass is 16.5. The monoisotopic (exact) mass is 397 g/mol. The second-order valence-corrected chi connectivity index (χ2v) is 7.90. The average molecular weight is 398 g/mol. The number of methoxy groups -OCH3 is 2. The maximum absolute atomic E-state index is 11.9. The summed E-state index contributed by atoms with van der Waals surface area (Å²) in [6, 6.07) is -0.592. The van der Waals surface area contributed by atoms with Crippen molar-refractivity contribution in [3.63, 3.8) is 0 Å². The zero-order valence-electron chi connectivity index (χ0n) is 18.4. The van der Waals surface area contributed by atoms with Gasteiger partial charge in [0.25, 0.3) is 0 Å². The van der Waals surface area contributed by atoms with Gasteiger partial charge < -0.3 is 24.7 Å². The van der Waals surface area contributed by atoms with E-state index in [9.17, 15) is 4.79 Å². The van der Waals surface area contributed by atoms with Gasteiger partial charge >= 0.3 is 5.97 Å². The van der Waals surface area contributed by atoms with E-state index in [1.807, 2.05) is 6.92 Å². The van der Waals surface area contributed by atoms with Gasteiger partial charge in [0, 0.05) is 27.4 Å². The first-order valence-corrected chi connectivity index (χ1v) is 10.2. The van der Waals surface area contributed by atoms with Gasteiger partial charge in [0.2, 0.25) is 0 Å². The molecule has 0 amide bonds. The fraction of sp³-hybridized carbons (Fsp3) is 0.773. The topological polar surface area (TPSA) is 80.0 Å². The Labute approximate surface area is 170 Å². The first-order chi connectivity index (χ1) is 13.3. The van der Waals surface area contributed by atoms with Crippen LogP contribution in [0.5, 0.6) is 0 Å². The molecule has 0 bridgehead atoms. The van der Waals surface area contributed by atoms with Crippen LogP contribution < -0.4 is 5.73 Å². The van der Waals surface area contributed by atoms with Gasteiger partial charge in [-0.2, -0.15) is 0 Å². The molecule has 0 fully saturated rings. The Bertz CT molecular complexity index is 531. The van der Waals surface area contributed by atoms with Crippen molar-refractivity contribution in [3.05, 3.63) is 23.8 Å². The number of allylic oxidation sites excluding steroid dienone is 2. The molecule has 4 atom stereocenters. The van der Waals surface area contributed by atoms with Crippen molar-refractivity contribution in [2.24, 2.45) is 17.6 Å². The van der Waals surface area contributed by atoms with E-state index in [1.54, 1.807) is 21.1 Å². The molecule has 0 spiro atoms. The van der Waals surface area contributed by atoms with Crippen molar-refractivity contribution in [2.75, 3.05) is 34.0 Å². The van der Waals surface area contributed by atoms with Gasteiger partial charge in [-0.05, 0) is 62.7 Å². The number of rotatable bonds is 13. The van der Waals surface area contributed by atoms with Crippen molar-refractivity contribution in [2.45, 2.75) is 64.7 Å². The van der Waals surface area contributed by atoms with Crippen LogP contribution in [0.2, 0.25) is 0 Å². The molecule has 6 heteroatoms. The van der Waals surface area contributed by atoms with Crippen molar-refractivity contribution in [1.82, 2.24) is 0 Å². The second-order valence-electron chi connectivity index (χ2n) is 7.90. The van der Waals surface area contributed by atoms with Gasteiger partial charge in [0.15, 0.2) is 0 Å². The molecular formula is C22H39NO5. The number of carbonyl (C=O) groups excluding carboxylic acids is 1. The fourth-order valence-corrected chi connectivity index (χ4v) is 3.30. The summed E-state index contributed by atoms with van der Waals surface area (Å²) in [4.78, 5) is 11.9. The van der Waals surface area contributed by atoms with Crippen molar-refractivity contribution in [3.8, 4) is 0 Å². The summed E-state index contributed by atoms with van der Waals surface area (Å²) in [6.07, 6.45) is 8.41. The van der Waals surface area contributed by atoms with Crippen LogP contribution in [0.25, 0.3) is 0 Å². The Morgan fingerprint density at radius 1 is 1.29 bits per heavy atom. The molecule has 0 saturated carbocycles. The Balaban J connectivity index is 2.81. The lowest BCUT2D eigenvalue weighted by Gasteiger charge is -2.36. The molecule has 1 rings (SSSR count). The number of nitrogens with two attached hydrogens (primary N) is 1. The van der Waals surface area contributed by atoms with E-state index in [4.69, 9.17) is 24.7 Å². The standard InChI is InChI=1S/C22H39NO5/c1-7-27-21(24)19(23)15-18(16(2)3)13-17-9-10-22(4,26-6)20(14-17)28-12-8-11-25-5/h9-10,14,16,18-20H,7-8,11-13,15,23H2,1-6H3/t18?,19-,20?,22?/m0/s1. The summed E-state index contributed by atoms with van der Waals surface area (Å²) in [7, 11) is 3.39. The van der Waals surface area contributed by atoms with E-state index >= 15 is 0 Å². The maximum Gasteiger partial charge on any atom is 0.322 e. The number of carbonyl (C=O) groups is 1. The molecule has 2 N–H and O–H groups in total. The highest BCUT2D eigenvalue weighted by molar-refractivity contribution is 5.75. The van der Waals surface area contributed by atoms with Crippen LogP contribution in [0.4, 0.5) is 0 Å². The predicted octanol–water partition coefficient (Wildman–Crippen LogP) is 3.25. The zero-order chi connectivity index (χ0) is 21.2. The average Bonchev–Trinajstić information content (AvgIpc) is 2.66. The van der Waals surface area contributed by atoms with E-state index < -0.39 is 11.6 Å². The summed E-state index contributed by atoms with van der Waals surface area (Å²) in [5.41, 5.74) is 6.75. The minimum Gasteiger partial charge on any atom is -0.465 e. The molecule has 1 aliphatic carbocycles. The molecule has 0 heterocycles. The van der Waals surface area contributed by atoms with Crippen LogP contribution in [0, 0.1) is 11.8 Å². The van der Waals surface area contributed by atoms with Gasteiger partial charge in [-0.1, -0.05) is 19.9 Å². The van der Waals surface area contributed by atoms with Gasteiger partial charge in [-0.3, -0.25) is 4.79 Å². The second kappa shape index (κ2) is 12.4. The van der Waals surface area contributed by atoms with E-state index in [1.165, 1.54) is 5.57 Å². The number of esters is 1. The van der Waals surface area contributed by atoms with E-state index in [-0.39, 0.29) is 18.0 Å². The summed E-state index contributed by atoms with van der Waals surface area (Å²) in [5, 5.41) is 0. The third kappa shape index (κ3) is 7.66. The van der Waals surface area contributed by atoms with Gasteiger partial charge in [0.1, 0.15) is 17.7 Å². The molecule has 162 valence electrons. The predicted molar refractivity (Wildman–Crippen MR) is 111 cm³/mol. The minimum absolute atomic E-state index is 0.166. The molecule has 6 nitrogen and oxygen atoms in total. The number of ether oxygens (including phenoxy) is 4. The quantitative estimate of drug-likeness (QED) is 0.380. The number of hydrogen-bond acceptors (Lipinski definition) is 6. The molecule has 28 heavy (non-hydrogen) atoms. The maximum atomic E-state index is 11.9. The van der Waals surface area contributed by atoms with Crippen LogP contribution in [0.15, 0.2) is 23.8 Å². The van der Waals surface area contributed by atoms with Crippen molar-refractivity contribution in [1.29, 1.82) is 0 Å². The molecular weight excluding hydrogens is 358 g/mol. The molecule has 0 aromatic rings. The largest absolute Gasteiger partial charge is 0.465 e. The Morgan fingerprint density at radius 3 is 2.57 bits per heavy atom. The van der Waals surface area contributed by atoms with Crippen LogP contribution in [-0.2, 0) is 23.7 Å². The van der Waals surface area contributed by atoms with Gasteiger partial charge in [-0.15, -0.1) is 0 Å². The molecule has 0 saturated heterocycles.